The van der Waals surface area contributed by atoms with Gasteiger partial charge in [-0.25, -0.2) is 9.98 Å². The van der Waals surface area contributed by atoms with E-state index in [0.29, 0.717) is 5.56 Å². The lowest BCUT2D eigenvalue weighted by molar-refractivity contribution is -0.0558. The zero-order chi connectivity index (χ0) is 10.8. The Morgan fingerprint density at radius 2 is 2.14 bits per heavy atom. The second kappa shape index (κ2) is 3.96. The molecule has 0 fully saturated rings. The summed E-state index contributed by atoms with van der Waals surface area (Å²) in [5.41, 5.74) is 0.537. The molecule has 1 aromatic rings. The van der Waals surface area contributed by atoms with Gasteiger partial charge in [0.1, 0.15) is 0 Å². The molecule has 0 aliphatic rings. The summed E-state index contributed by atoms with van der Waals surface area (Å²) in [4.78, 5) is 6.84. The maximum absolute atomic E-state index is 12.0. The van der Waals surface area contributed by atoms with Crippen LogP contribution in [0, 0.1) is 6.92 Å². The molecular formula is C8H6ClF3N2. The number of pyridine rings is 1. The van der Waals surface area contributed by atoms with Gasteiger partial charge in [-0.3, -0.25) is 0 Å². The van der Waals surface area contributed by atoms with Crippen LogP contribution in [0.15, 0.2) is 23.3 Å². The van der Waals surface area contributed by atoms with E-state index in [1.54, 1.807) is 19.1 Å². The topological polar surface area (TPSA) is 25.2 Å². The van der Waals surface area contributed by atoms with Gasteiger partial charge in [-0.2, -0.15) is 13.2 Å². The van der Waals surface area contributed by atoms with Crippen LogP contribution in [-0.2, 0) is 0 Å². The Morgan fingerprint density at radius 3 is 2.64 bits per heavy atom. The first kappa shape index (κ1) is 11.0. The van der Waals surface area contributed by atoms with Crippen molar-refractivity contribution in [1.82, 2.24) is 4.98 Å². The van der Waals surface area contributed by atoms with Crippen molar-refractivity contribution in [1.29, 1.82) is 0 Å². The second-order valence-electron chi connectivity index (χ2n) is 2.54. The lowest BCUT2D eigenvalue weighted by Gasteiger charge is -2.03. The van der Waals surface area contributed by atoms with E-state index in [1.807, 2.05) is 0 Å². The van der Waals surface area contributed by atoms with Gasteiger partial charge in [0, 0.05) is 6.20 Å². The third-order valence-electron chi connectivity index (χ3n) is 1.42. The predicted molar refractivity (Wildman–Crippen MR) is 48.0 cm³/mol. The van der Waals surface area contributed by atoms with E-state index in [-0.39, 0.29) is 5.82 Å². The van der Waals surface area contributed by atoms with Crippen molar-refractivity contribution in [3.63, 3.8) is 0 Å². The monoisotopic (exact) mass is 222 g/mol. The lowest BCUT2D eigenvalue weighted by atomic mass is 10.3. The quantitative estimate of drug-likeness (QED) is 0.670. The Kier molecular flexibility index (Phi) is 3.10. The van der Waals surface area contributed by atoms with Crippen LogP contribution in [0.4, 0.5) is 19.0 Å². The molecule has 0 atom stereocenters. The maximum Gasteiger partial charge on any atom is 0.444 e. The van der Waals surface area contributed by atoms with E-state index in [1.165, 1.54) is 6.20 Å². The van der Waals surface area contributed by atoms with Gasteiger partial charge >= 0.3 is 6.18 Å². The Hall–Kier alpha value is -1.10. The average molecular weight is 223 g/mol. The number of rotatable bonds is 1. The van der Waals surface area contributed by atoms with E-state index in [0.717, 1.165) is 0 Å². The van der Waals surface area contributed by atoms with Crippen molar-refractivity contribution >= 4 is 22.6 Å². The Morgan fingerprint density at radius 1 is 1.50 bits per heavy atom. The Labute approximate surface area is 83.4 Å². The van der Waals surface area contributed by atoms with E-state index in [4.69, 9.17) is 11.6 Å². The molecule has 0 aromatic carbocycles. The first-order valence-corrected chi connectivity index (χ1v) is 4.02. The van der Waals surface area contributed by atoms with Crippen molar-refractivity contribution < 1.29 is 13.2 Å². The van der Waals surface area contributed by atoms with Crippen molar-refractivity contribution in [3.8, 4) is 0 Å². The maximum atomic E-state index is 12.0. The number of aryl methyl sites for hydroxylation is 1. The van der Waals surface area contributed by atoms with Gasteiger partial charge in [-0.15, -0.1) is 0 Å². The van der Waals surface area contributed by atoms with Gasteiger partial charge in [0.25, 0.3) is 0 Å². The highest BCUT2D eigenvalue weighted by Crippen LogP contribution is 2.23. The normalized spacial score (nSPS) is 13.1. The molecule has 2 nitrogen and oxygen atoms in total. The summed E-state index contributed by atoms with van der Waals surface area (Å²) in [6.07, 6.45) is -3.27. The van der Waals surface area contributed by atoms with Crippen LogP contribution in [0.1, 0.15) is 5.56 Å². The molecule has 0 saturated carbocycles. The molecule has 0 unspecified atom stereocenters. The molecule has 0 radical (unpaired) electrons. The number of hydrogen-bond acceptors (Lipinski definition) is 2. The molecule has 0 aliphatic carbocycles. The van der Waals surface area contributed by atoms with Gasteiger partial charge in [0.05, 0.1) is 0 Å². The molecule has 1 rings (SSSR count). The van der Waals surface area contributed by atoms with Gasteiger partial charge in [0.15, 0.2) is 5.82 Å². The summed E-state index contributed by atoms with van der Waals surface area (Å²) in [6, 6.07) is 3.21. The van der Waals surface area contributed by atoms with Crippen molar-refractivity contribution in [3.05, 3.63) is 23.9 Å². The number of aliphatic imine (C=N–C) groups is 1. The third kappa shape index (κ3) is 2.70. The molecule has 6 heteroatoms. The summed E-state index contributed by atoms with van der Waals surface area (Å²) in [5.74, 6) is -0.0187. The summed E-state index contributed by atoms with van der Waals surface area (Å²) in [7, 11) is 0. The molecule has 0 saturated heterocycles. The lowest BCUT2D eigenvalue weighted by Crippen LogP contribution is -2.16. The highest BCUT2D eigenvalue weighted by Gasteiger charge is 2.34. The predicted octanol–water partition coefficient (Wildman–Crippen LogP) is 3.22. The van der Waals surface area contributed by atoms with Crippen LogP contribution < -0.4 is 0 Å². The Balaban J connectivity index is 3.04. The van der Waals surface area contributed by atoms with Gasteiger partial charge in [0.2, 0.25) is 5.17 Å². The van der Waals surface area contributed by atoms with Crippen LogP contribution in [0.5, 0.6) is 0 Å². The minimum atomic E-state index is -4.62. The Bertz CT molecular complexity index is 360. The van der Waals surface area contributed by atoms with Crippen LogP contribution in [-0.4, -0.2) is 16.3 Å². The van der Waals surface area contributed by atoms with Crippen molar-refractivity contribution in [2.24, 2.45) is 4.99 Å². The zero-order valence-electron chi connectivity index (χ0n) is 7.14. The molecular weight excluding hydrogens is 217 g/mol. The number of nitrogens with zero attached hydrogens (tertiary/aromatic N) is 2. The summed E-state index contributed by atoms with van der Waals surface area (Å²) in [5, 5.41) is -1.42. The minimum Gasteiger partial charge on any atom is -0.237 e. The molecule has 76 valence electrons. The highest BCUT2D eigenvalue weighted by molar-refractivity contribution is 6.67. The van der Waals surface area contributed by atoms with Crippen molar-refractivity contribution in [2.45, 2.75) is 13.1 Å². The van der Waals surface area contributed by atoms with Crippen LogP contribution in [0.2, 0.25) is 0 Å². The summed E-state index contributed by atoms with van der Waals surface area (Å²) < 4.78 is 35.9. The zero-order valence-corrected chi connectivity index (χ0v) is 7.89. The van der Waals surface area contributed by atoms with E-state index in [9.17, 15) is 13.2 Å². The number of alkyl halides is 3. The summed E-state index contributed by atoms with van der Waals surface area (Å²) >= 11 is 4.95. The number of hydrogen-bond donors (Lipinski definition) is 0. The van der Waals surface area contributed by atoms with Crippen LogP contribution in [0.3, 0.4) is 0 Å². The fraction of sp³-hybridized carbons (Fsp3) is 0.250. The third-order valence-corrected chi connectivity index (χ3v) is 1.72. The minimum absolute atomic E-state index is 0.0187. The molecule has 0 bridgehead atoms. The van der Waals surface area contributed by atoms with Gasteiger partial charge in [-0.05, 0) is 18.6 Å². The SMILES string of the molecule is Cc1cccnc1/N=C(\Cl)C(F)(F)F. The van der Waals surface area contributed by atoms with Crippen molar-refractivity contribution in [2.75, 3.05) is 0 Å². The smallest absolute Gasteiger partial charge is 0.237 e. The second-order valence-corrected chi connectivity index (χ2v) is 2.90. The first-order chi connectivity index (χ1) is 6.41. The van der Waals surface area contributed by atoms with E-state index in [2.05, 4.69) is 9.98 Å². The molecule has 14 heavy (non-hydrogen) atoms. The van der Waals surface area contributed by atoms with Gasteiger partial charge < -0.3 is 0 Å². The standard InChI is InChI=1S/C8H6ClF3N2/c1-5-3-2-4-13-6(5)14-7(9)8(10,11)12/h2-4H,1H3/b14-7-. The fourth-order valence-corrected chi connectivity index (χ4v) is 0.831. The average Bonchev–Trinajstić information content (AvgIpc) is 2.07. The fourth-order valence-electron chi connectivity index (χ4n) is 0.751. The van der Waals surface area contributed by atoms with Gasteiger partial charge in [-0.1, -0.05) is 17.7 Å². The molecule has 0 amide bonds. The molecule has 1 heterocycles. The first-order valence-electron chi connectivity index (χ1n) is 3.64. The largest absolute Gasteiger partial charge is 0.444 e. The van der Waals surface area contributed by atoms with Crippen LogP contribution in [0.25, 0.3) is 0 Å². The molecule has 0 aliphatic heterocycles. The molecule has 1 aromatic heterocycles. The number of aromatic nitrogens is 1. The van der Waals surface area contributed by atoms with E-state index < -0.39 is 11.3 Å². The van der Waals surface area contributed by atoms with E-state index >= 15 is 0 Å². The molecule has 0 N–H and O–H groups in total. The molecule has 0 spiro atoms. The van der Waals surface area contributed by atoms with Crippen LogP contribution >= 0.6 is 11.6 Å². The summed E-state index contributed by atoms with van der Waals surface area (Å²) in [6.45, 7) is 1.60. The highest BCUT2D eigenvalue weighted by atomic mass is 35.5. The number of halogens is 4.